The number of hydrogen-bond acceptors (Lipinski definition) is 5. The third kappa shape index (κ3) is 5.65. The van der Waals surface area contributed by atoms with Crippen LogP contribution in [0.1, 0.15) is 16.8 Å². The van der Waals surface area contributed by atoms with Crippen LogP contribution in [0.2, 0.25) is 0 Å². The minimum absolute atomic E-state index is 0.00306. The number of rotatable bonds is 3. The normalized spacial score (nSPS) is 14.3. The lowest BCUT2D eigenvalue weighted by molar-refractivity contribution is -0.129. The SMILES string of the molecule is C=CC(=O)N1CCOCC1.Cc1cc(/C=C(\N)c2ccccc2O)c(N)[nH]1. The van der Waals surface area contributed by atoms with Gasteiger partial charge in [0.1, 0.15) is 11.6 Å². The van der Waals surface area contributed by atoms with Gasteiger partial charge >= 0.3 is 0 Å². The molecule has 27 heavy (non-hydrogen) atoms. The molecule has 1 aromatic heterocycles. The van der Waals surface area contributed by atoms with E-state index < -0.39 is 0 Å². The molecule has 0 bridgehead atoms. The first kappa shape index (κ1) is 20.1. The number of para-hydroxylation sites is 1. The summed E-state index contributed by atoms with van der Waals surface area (Å²) >= 11 is 0. The summed E-state index contributed by atoms with van der Waals surface area (Å²) in [6.07, 6.45) is 3.08. The summed E-state index contributed by atoms with van der Waals surface area (Å²) in [5.74, 6) is 0.733. The van der Waals surface area contributed by atoms with Gasteiger partial charge in [0.25, 0.3) is 0 Å². The van der Waals surface area contributed by atoms with Gasteiger partial charge in [0, 0.05) is 35.6 Å². The van der Waals surface area contributed by atoms with Gasteiger partial charge in [-0.1, -0.05) is 18.7 Å². The molecule has 7 heteroatoms. The van der Waals surface area contributed by atoms with Crippen molar-refractivity contribution in [3.8, 4) is 5.75 Å². The van der Waals surface area contributed by atoms with Crippen molar-refractivity contribution in [1.29, 1.82) is 0 Å². The zero-order valence-electron chi connectivity index (χ0n) is 15.4. The van der Waals surface area contributed by atoms with E-state index in [1.165, 1.54) is 6.08 Å². The van der Waals surface area contributed by atoms with Crippen LogP contribution in [-0.4, -0.2) is 47.2 Å². The molecule has 2 aromatic rings. The molecular formula is C20H26N4O3. The predicted octanol–water partition coefficient (Wildman–Crippen LogP) is 2.10. The molecule has 0 spiro atoms. The molecule has 3 rings (SSSR count). The Morgan fingerprint density at radius 3 is 2.56 bits per heavy atom. The summed E-state index contributed by atoms with van der Waals surface area (Å²) in [6.45, 7) is 8.03. The second kappa shape index (κ2) is 9.49. The van der Waals surface area contributed by atoms with Crippen LogP contribution in [0.3, 0.4) is 0 Å². The topological polar surface area (TPSA) is 118 Å². The fraction of sp³-hybridized carbons (Fsp3) is 0.250. The van der Waals surface area contributed by atoms with Crippen LogP contribution in [0.15, 0.2) is 43.0 Å². The van der Waals surface area contributed by atoms with Gasteiger partial charge in [-0.05, 0) is 37.3 Å². The Bertz CT molecular complexity index is 820. The lowest BCUT2D eigenvalue weighted by atomic mass is 10.1. The molecule has 0 unspecified atom stereocenters. The van der Waals surface area contributed by atoms with Gasteiger partial charge in [0.15, 0.2) is 0 Å². The average Bonchev–Trinajstić information content (AvgIpc) is 2.99. The van der Waals surface area contributed by atoms with E-state index in [2.05, 4.69) is 11.6 Å². The average molecular weight is 370 g/mol. The van der Waals surface area contributed by atoms with E-state index in [1.807, 2.05) is 19.1 Å². The van der Waals surface area contributed by atoms with Gasteiger partial charge in [-0.15, -0.1) is 0 Å². The van der Waals surface area contributed by atoms with Crippen molar-refractivity contribution in [2.75, 3.05) is 32.0 Å². The monoisotopic (exact) mass is 370 g/mol. The third-order valence-corrected chi connectivity index (χ3v) is 4.04. The molecule has 1 aliphatic heterocycles. The molecule has 0 saturated carbocycles. The van der Waals surface area contributed by atoms with Gasteiger partial charge in [0.05, 0.1) is 13.2 Å². The Morgan fingerprint density at radius 1 is 1.33 bits per heavy atom. The van der Waals surface area contributed by atoms with Crippen molar-refractivity contribution in [3.63, 3.8) is 0 Å². The number of phenols is 1. The third-order valence-electron chi connectivity index (χ3n) is 4.04. The Kier molecular flexibility index (Phi) is 7.08. The number of aromatic nitrogens is 1. The number of amides is 1. The summed E-state index contributed by atoms with van der Waals surface area (Å²) in [6, 6.07) is 8.84. The smallest absolute Gasteiger partial charge is 0.246 e. The maximum absolute atomic E-state index is 10.9. The van der Waals surface area contributed by atoms with Crippen LogP contribution in [0.25, 0.3) is 11.8 Å². The fourth-order valence-electron chi connectivity index (χ4n) is 2.63. The number of ether oxygens (including phenoxy) is 1. The number of nitrogen functional groups attached to an aromatic ring is 1. The van der Waals surface area contributed by atoms with E-state index in [9.17, 15) is 9.90 Å². The largest absolute Gasteiger partial charge is 0.507 e. The Hall–Kier alpha value is -3.19. The fourth-order valence-corrected chi connectivity index (χ4v) is 2.63. The molecule has 0 atom stereocenters. The maximum atomic E-state index is 10.9. The molecule has 2 heterocycles. The van der Waals surface area contributed by atoms with E-state index in [0.717, 1.165) is 11.3 Å². The van der Waals surface area contributed by atoms with Crippen molar-refractivity contribution in [1.82, 2.24) is 9.88 Å². The number of nitrogens with two attached hydrogens (primary N) is 2. The number of aromatic amines is 1. The Balaban J connectivity index is 0.000000223. The Morgan fingerprint density at radius 2 is 2.00 bits per heavy atom. The van der Waals surface area contributed by atoms with E-state index in [-0.39, 0.29) is 11.7 Å². The van der Waals surface area contributed by atoms with Gasteiger partial charge in [-0.3, -0.25) is 4.79 Å². The summed E-state index contributed by atoms with van der Waals surface area (Å²) in [5, 5.41) is 9.67. The van der Waals surface area contributed by atoms with Crippen LogP contribution in [-0.2, 0) is 9.53 Å². The van der Waals surface area contributed by atoms with E-state index in [4.69, 9.17) is 16.2 Å². The number of nitrogens with one attached hydrogen (secondary N) is 1. The lowest BCUT2D eigenvalue weighted by Gasteiger charge is -2.25. The number of carbonyl (C=O) groups excluding carboxylic acids is 1. The molecule has 7 nitrogen and oxygen atoms in total. The second-order valence-electron chi connectivity index (χ2n) is 6.08. The van der Waals surface area contributed by atoms with E-state index in [0.29, 0.717) is 43.4 Å². The zero-order valence-corrected chi connectivity index (χ0v) is 15.4. The number of phenolic OH excluding ortho intramolecular Hbond substituents is 1. The summed E-state index contributed by atoms with van der Waals surface area (Å²) in [5.41, 5.74) is 14.6. The summed E-state index contributed by atoms with van der Waals surface area (Å²) < 4.78 is 5.07. The van der Waals surface area contributed by atoms with Crippen molar-refractivity contribution in [2.24, 2.45) is 5.73 Å². The minimum Gasteiger partial charge on any atom is -0.507 e. The zero-order chi connectivity index (χ0) is 19.8. The lowest BCUT2D eigenvalue weighted by Crippen LogP contribution is -2.39. The number of carbonyl (C=O) groups is 1. The Labute approximate surface area is 158 Å². The standard InChI is InChI=1S/C13H15N3O.C7H11NO2/c1-8-6-9(13(15)16-8)7-11(14)10-4-2-3-5-12(10)17;1-2-7(9)8-3-5-10-6-4-8/h2-7,16-17H,14-15H2,1H3;2H,1,3-6H2/b11-7-;. The highest BCUT2D eigenvalue weighted by molar-refractivity contribution is 5.87. The van der Waals surface area contributed by atoms with Gasteiger partial charge in [-0.25, -0.2) is 0 Å². The number of aromatic hydroxyl groups is 1. The van der Waals surface area contributed by atoms with Crippen molar-refractivity contribution in [3.05, 3.63) is 59.8 Å². The second-order valence-corrected chi connectivity index (χ2v) is 6.08. The van der Waals surface area contributed by atoms with Crippen LogP contribution in [0.5, 0.6) is 5.75 Å². The molecule has 1 fully saturated rings. The first-order chi connectivity index (χ1) is 12.9. The number of aryl methyl sites for hydroxylation is 1. The number of benzene rings is 1. The minimum atomic E-state index is 0.00306. The molecule has 0 radical (unpaired) electrons. The van der Waals surface area contributed by atoms with Crippen LogP contribution >= 0.6 is 0 Å². The summed E-state index contributed by atoms with van der Waals surface area (Å²) in [4.78, 5) is 15.6. The van der Waals surface area contributed by atoms with Gasteiger partial charge < -0.3 is 31.2 Å². The molecule has 1 aliphatic rings. The van der Waals surface area contributed by atoms with Crippen molar-refractivity contribution >= 4 is 23.5 Å². The van der Waals surface area contributed by atoms with Crippen LogP contribution in [0.4, 0.5) is 5.82 Å². The first-order valence-corrected chi connectivity index (χ1v) is 8.62. The van der Waals surface area contributed by atoms with Crippen molar-refractivity contribution < 1.29 is 14.6 Å². The molecule has 144 valence electrons. The van der Waals surface area contributed by atoms with Crippen LogP contribution in [0, 0.1) is 6.92 Å². The number of morpholine rings is 1. The van der Waals surface area contributed by atoms with E-state index in [1.54, 1.807) is 29.2 Å². The van der Waals surface area contributed by atoms with Crippen LogP contribution < -0.4 is 11.5 Å². The quantitative estimate of drug-likeness (QED) is 0.617. The van der Waals surface area contributed by atoms with E-state index >= 15 is 0 Å². The number of anilines is 1. The number of H-pyrrole nitrogens is 1. The summed E-state index contributed by atoms with van der Waals surface area (Å²) in [7, 11) is 0. The van der Waals surface area contributed by atoms with Gasteiger partial charge in [-0.2, -0.15) is 0 Å². The predicted molar refractivity (Wildman–Crippen MR) is 108 cm³/mol. The molecule has 6 N–H and O–H groups in total. The van der Waals surface area contributed by atoms with Crippen molar-refractivity contribution in [2.45, 2.75) is 6.92 Å². The number of hydrogen-bond donors (Lipinski definition) is 4. The maximum Gasteiger partial charge on any atom is 0.246 e. The molecule has 1 aromatic carbocycles. The van der Waals surface area contributed by atoms with Gasteiger partial charge in [0.2, 0.25) is 5.91 Å². The highest BCUT2D eigenvalue weighted by atomic mass is 16.5. The number of nitrogens with zero attached hydrogens (tertiary/aromatic N) is 1. The molecule has 1 saturated heterocycles. The molecule has 0 aliphatic carbocycles. The first-order valence-electron chi connectivity index (χ1n) is 8.62. The highest BCUT2D eigenvalue weighted by Gasteiger charge is 2.12. The molecular weight excluding hydrogens is 344 g/mol. The molecule has 1 amide bonds. The highest BCUT2D eigenvalue weighted by Crippen LogP contribution is 2.24.